The molecule has 0 unspecified atom stereocenters. The van der Waals surface area contributed by atoms with Gasteiger partial charge in [-0.05, 0) is 42.0 Å². The molecule has 0 aromatic heterocycles. The van der Waals surface area contributed by atoms with E-state index in [4.69, 9.17) is 9.47 Å². The SMILES string of the molecule is O=C(C=Cc1cc(Br)ccc1F)N1CCN(Cc2ccc3c(c2)OCO3)CC1. The summed E-state index contributed by atoms with van der Waals surface area (Å²) >= 11 is 3.31. The Kier molecular flexibility index (Phi) is 5.64. The summed E-state index contributed by atoms with van der Waals surface area (Å²) in [7, 11) is 0. The molecule has 0 atom stereocenters. The first kappa shape index (κ1) is 19.0. The van der Waals surface area contributed by atoms with Gasteiger partial charge in [0.1, 0.15) is 5.82 Å². The van der Waals surface area contributed by atoms with Gasteiger partial charge in [0.25, 0.3) is 0 Å². The van der Waals surface area contributed by atoms with Gasteiger partial charge in [-0.3, -0.25) is 9.69 Å². The number of hydrogen-bond acceptors (Lipinski definition) is 4. The van der Waals surface area contributed by atoms with Crippen molar-refractivity contribution < 1.29 is 18.7 Å². The molecule has 1 fully saturated rings. The fourth-order valence-corrected chi connectivity index (χ4v) is 3.71. The van der Waals surface area contributed by atoms with E-state index in [1.807, 2.05) is 18.2 Å². The van der Waals surface area contributed by atoms with Crippen LogP contribution >= 0.6 is 15.9 Å². The van der Waals surface area contributed by atoms with Crippen molar-refractivity contribution in [3.63, 3.8) is 0 Å². The zero-order valence-corrected chi connectivity index (χ0v) is 16.8. The molecular formula is C21H20BrFN2O3. The van der Waals surface area contributed by atoms with Gasteiger partial charge in [0.05, 0.1) is 0 Å². The molecule has 0 N–H and O–H groups in total. The number of hydrogen-bond donors (Lipinski definition) is 0. The van der Waals surface area contributed by atoms with Gasteiger partial charge in [0, 0.05) is 48.8 Å². The maximum Gasteiger partial charge on any atom is 0.246 e. The average Bonchev–Trinajstić information content (AvgIpc) is 3.17. The summed E-state index contributed by atoms with van der Waals surface area (Å²) < 4.78 is 25.3. The largest absolute Gasteiger partial charge is 0.454 e. The number of piperazine rings is 1. The van der Waals surface area contributed by atoms with Gasteiger partial charge in [-0.25, -0.2) is 4.39 Å². The number of carbonyl (C=O) groups is 1. The van der Waals surface area contributed by atoms with Gasteiger partial charge in [0.2, 0.25) is 12.7 Å². The van der Waals surface area contributed by atoms with Gasteiger partial charge in [-0.1, -0.05) is 22.0 Å². The maximum atomic E-state index is 13.8. The first-order valence-electron chi connectivity index (χ1n) is 9.11. The molecule has 0 radical (unpaired) electrons. The lowest BCUT2D eigenvalue weighted by Gasteiger charge is -2.34. The Morgan fingerprint density at radius 3 is 2.68 bits per heavy atom. The molecule has 0 bridgehead atoms. The number of amides is 1. The zero-order chi connectivity index (χ0) is 19.5. The summed E-state index contributed by atoms with van der Waals surface area (Å²) in [5, 5.41) is 0. The van der Waals surface area contributed by atoms with Gasteiger partial charge >= 0.3 is 0 Å². The Bertz CT molecular complexity index is 911. The van der Waals surface area contributed by atoms with Gasteiger partial charge in [0.15, 0.2) is 11.5 Å². The van der Waals surface area contributed by atoms with Crippen LogP contribution in [0.3, 0.4) is 0 Å². The molecule has 28 heavy (non-hydrogen) atoms. The zero-order valence-electron chi connectivity index (χ0n) is 15.2. The molecule has 2 aromatic rings. The van der Waals surface area contributed by atoms with E-state index in [-0.39, 0.29) is 18.5 Å². The number of fused-ring (bicyclic) bond motifs is 1. The Morgan fingerprint density at radius 2 is 1.86 bits per heavy atom. The molecule has 2 aliphatic rings. The number of rotatable bonds is 4. The number of carbonyl (C=O) groups excluding carboxylic acids is 1. The van der Waals surface area contributed by atoms with E-state index < -0.39 is 0 Å². The first-order chi connectivity index (χ1) is 13.6. The number of halogens is 2. The van der Waals surface area contributed by atoms with E-state index in [0.717, 1.165) is 41.2 Å². The second-order valence-electron chi connectivity index (χ2n) is 6.79. The summed E-state index contributed by atoms with van der Waals surface area (Å²) in [6.07, 6.45) is 2.97. The first-order valence-corrected chi connectivity index (χ1v) is 9.91. The minimum Gasteiger partial charge on any atom is -0.454 e. The fraction of sp³-hybridized carbons (Fsp3) is 0.286. The quantitative estimate of drug-likeness (QED) is 0.671. The topological polar surface area (TPSA) is 42.0 Å². The van der Waals surface area contributed by atoms with Crippen molar-refractivity contribution in [2.45, 2.75) is 6.54 Å². The highest BCUT2D eigenvalue weighted by molar-refractivity contribution is 9.10. The molecule has 2 heterocycles. The minimum atomic E-state index is -0.346. The summed E-state index contributed by atoms with van der Waals surface area (Å²) in [6.45, 7) is 3.95. The van der Waals surface area contributed by atoms with Crippen LogP contribution < -0.4 is 9.47 Å². The van der Waals surface area contributed by atoms with E-state index in [9.17, 15) is 9.18 Å². The molecule has 4 rings (SSSR count). The third kappa shape index (κ3) is 4.36. The van der Waals surface area contributed by atoms with Gasteiger partial charge < -0.3 is 14.4 Å². The lowest BCUT2D eigenvalue weighted by atomic mass is 10.1. The monoisotopic (exact) mass is 446 g/mol. The Hall–Kier alpha value is -2.38. The van der Waals surface area contributed by atoms with Crippen molar-refractivity contribution >= 4 is 27.9 Å². The van der Waals surface area contributed by atoms with Crippen LogP contribution in [0, 0.1) is 5.82 Å². The van der Waals surface area contributed by atoms with Crippen molar-refractivity contribution in [1.29, 1.82) is 0 Å². The normalized spacial score (nSPS) is 16.7. The molecule has 0 saturated carbocycles. The number of ether oxygens (including phenoxy) is 2. The number of benzene rings is 2. The van der Waals surface area contributed by atoms with Crippen molar-refractivity contribution in [2.24, 2.45) is 0 Å². The molecule has 5 nitrogen and oxygen atoms in total. The lowest BCUT2D eigenvalue weighted by molar-refractivity contribution is -0.127. The van der Waals surface area contributed by atoms with Crippen molar-refractivity contribution in [3.8, 4) is 11.5 Å². The highest BCUT2D eigenvalue weighted by Crippen LogP contribution is 2.32. The second kappa shape index (κ2) is 8.32. The van der Waals surface area contributed by atoms with Crippen LogP contribution in [-0.4, -0.2) is 48.7 Å². The molecule has 7 heteroatoms. The molecule has 0 spiro atoms. The molecule has 1 amide bonds. The highest BCUT2D eigenvalue weighted by atomic mass is 79.9. The average molecular weight is 447 g/mol. The minimum absolute atomic E-state index is 0.0953. The summed E-state index contributed by atoms with van der Waals surface area (Å²) in [6, 6.07) is 10.7. The van der Waals surface area contributed by atoms with E-state index in [1.54, 1.807) is 17.0 Å². The van der Waals surface area contributed by atoms with E-state index in [0.29, 0.717) is 18.7 Å². The molecule has 146 valence electrons. The fourth-order valence-electron chi connectivity index (χ4n) is 3.33. The van der Waals surface area contributed by atoms with Crippen molar-refractivity contribution in [2.75, 3.05) is 33.0 Å². The second-order valence-corrected chi connectivity index (χ2v) is 7.70. The van der Waals surface area contributed by atoms with Gasteiger partial charge in [-0.2, -0.15) is 0 Å². The molecular weight excluding hydrogens is 427 g/mol. The van der Waals surface area contributed by atoms with E-state index in [2.05, 4.69) is 20.8 Å². The van der Waals surface area contributed by atoms with Crippen molar-refractivity contribution in [3.05, 3.63) is 63.9 Å². The van der Waals surface area contributed by atoms with Crippen LogP contribution in [-0.2, 0) is 11.3 Å². The molecule has 2 aromatic carbocycles. The molecule has 2 aliphatic heterocycles. The Balaban J connectivity index is 1.30. The predicted octanol–water partition coefficient (Wildman–Crippen LogP) is 3.67. The van der Waals surface area contributed by atoms with Crippen LogP contribution in [0.15, 0.2) is 46.9 Å². The van der Waals surface area contributed by atoms with Crippen LogP contribution in [0.2, 0.25) is 0 Å². The predicted molar refractivity (Wildman–Crippen MR) is 108 cm³/mol. The summed E-state index contributed by atoms with van der Waals surface area (Å²) in [5.41, 5.74) is 1.55. The number of nitrogens with zero attached hydrogens (tertiary/aromatic N) is 2. The third-order valence-corrected chi connectivity index (χ3v) is 5.38. The van der Waals surface area contributed by atoms with Crippen molar-refractivity contribution in [1.82, 2.24) is 9.80 Å². The van der Waals surface area contributed by atoms with E-state index in [1.165, 1.54) is 18.2 Å². The highest BCUT2D eigenvalue weighted by Gasteiger charge is 2.21. The van der Waals surface area contributed by atoms with Crippen LogP contribution in [0.5, 0.6) is 11.5 Å². The summed E-state index contributed by atoms with van der Waals surface area (Å²) in [4.78, 5) is 16.5. The summed E-state index contributed by atoms with van der Waals surface area (Å²) in [5.74, 6) is 1.13. The third-order valence-electron chi connectivity index (χ3n) is 4.89. The van der Waals surface area contributed by atoms with Crippen LogP contribution in [0.25, 0.3) is 6.08 Å². The Morgan fingerprint density at radius 1 is 1.07 bits per heavy atom. The van der Waals surface area contributed by atoms with Crippen LogP contribution in [0.1, 0.15) is 11.1 Å². The Labute approximate surface area is 171 Å². The van der Waals surface area contributed by atoms with Crippen LogP contribution in [0.4, 0.5) is 4.39 Å². The smallest absolute Gasteiger partial charge is 0.246 e. The molecule has 0 aliphatic carbocycles. The molecule has 1 saturated heterocycles. The maximum absolute atomic E-state index is 13.8. The lowest BCUT2D eigenvalue weighted by Crippen LogP contribution is -2.47. The van der Waals surface area contributed by atoms with E-state index >= 15 is 0 Å². The van der Waals surface area contributed by atoms with Gasteiger partial charge in [-0.15, -0.1) is 0 Å². The standard InChI is InChI=1S/C21H20BrFN2O3/c22-17-3-4-18(23)16(12-17)2-6-21(26)25-9-7-24(8-10-25)13-15-1-5-19-20(11-15)28-14-27-19/h1-6,11-12H,7-10,13-14H2.